The first-order valence-electron chi connectivity index (χ1n) is 7.19. The molecular formula is C13H28N2SSi. The van der Waals surface area contributed by atoms with Crippen LogP contribution in [0.25, 0.3) is 0 Å². The lowest BCUT2D eigenvalue weighted by atomic mass is 9.87. The maximum absolute atomic E-state index is 5.07. The summed E-state index contributed by atoms with van der Waals surface area (Å²) in [5.41, 5.74) is 1.06. The van der Waals surface area contributed by atoms with Gasteiger partial charge in [0.25, 0.3) is 0 Å². The minimum atomic E-state index is 0.782. The monoisotopic (exact) mass is 272 g/mol. The van der Waals surface area contributed by atoms with Gasteiger partial charge < -0.3 is 10.6 Å². The Morgan fingerprint density at radius 3 is 2.65 bits per heavy atom. The van der Waals surface area contributed by atoms with Crippen LogP contribution in [-0.4, -0.2) is 28.9 Å². The van der Waals surface area contributed by atoms with Crippen molar-refractivity contribution in [3.8, 4) is 0 Å². The van der Waals surface area contributed by atoms with E-state index in [1.165, 1.54) is 61.6 Å². The largest absolute Gasteiger partial charge is 0.366 e. The summed E-state index contributed by atoms with van der Waals surface area (Å²) >= 11 is 5.07. The van der Waals surface area contributed by atoms with Gasteiger partial charge in [-0.25, -0.2) is 0 Å². The Hall–Kier alpha value is -0.0931. The molecule has 17 heavy (non-hydrogen) atoms. The topological polar surface area (TPSA) is 24.1 Å². The van der Waals surface area contributed by atoms with Crippen LogP contribution in [0.2, 0.25) is 5.54 Å². The van der Waals surface area contributed by atoms with E-state index in [-0.39, 0.29) is 0 Å². The van der Waals surface area contributed by atoms with Crippen molar-refractivity contribution in [3.05, 3.63) is 0 Å². The predicted octanol–water partition coefficient (Wildman–Crippen LogP) is 1.98. The van der Waals surface area contributed by atoms with Crippen LogP contribution in [0, 0.1) is 5.92 Å². The van der Waals surface area contributed by atoms with Crippen molar-refractivity contribution in [1.82, 2.24) is 10.6 Å². The van der Waals surface area contributed by atoms with Gasteiger partial charge in [-0.2, -0.15) is 0 Å². The minimum absolute atomic E-state index is 0.782. The Balaban J connectivity index is 2.16. The van der Waals surface area contributed by atoms with Crippen LogP contribution in [0.15, 0.2) is 0 Å². The summed E-state index contributed by atoms with van der Waals surface area (Å²) in [6.07, 6.45) is 11.5. The van der Waals surface area contributed by atoms with Crippen LogP contribution < -0.4 is 10.6 Å². The molecule has 0 aromatic carbocycles. The molecule has 0 spiro atoms. The van der Waals surface area contributed by atoms with E-state index in [0.717, 1.165) is 23.1 Å². The molecule has 1 saturated carbocycles. The van der Waals surface area contributed by atoms with E-state index in [0.29, 0.717) is 0 Å². The van der Waals surface area contributed by atoms with Gasteiger partial charge in [-0.3, -0.25) is 0 Å². The molecular weight excluding hydrogens is 244 g/mol. The van der Waals surface area contributed by atoms with E-state index in [4.69, 9.17) is 12.2 Å². The molecule has 2 N–H and O–H groups in total. The summed E-state index contributed by atoms with van der Waals surface area (Å²) in [6, 6.07) is 0. The number of thiocarbonyl (C=S) groups is 1. The van der Waals surface area contributed by atoms with Crippen molar-refractivity contribution < 1.29 is 0 Å². The second-order valence-electron chi connectivity index (χ2n) is 5.38. The first kappa shape index (κ1) is 15.0. The van der Waals surface area contributed by atoms with Gasteiger partial charge >= 0.3 is 0 Å². The highest BCUT2D eigenvalue weighted by Gasteiger charge is 2.18. The molecule has 0 heterocycles. The molecule has 1 fully saturated rings. The molecule has 0 bridgehead atoms. The molecule has 0 saturated heterocycles. The fourth-order valence-corrected chi connectivity index (χ4v) is 4.01. The zero-order chi connectivity index (χ0) is 12.5. The van der Waals surface area contributed by atoms with Crippen molar-refractivity contribution in [2.24, 2.45) is 5.92 Å². The summed E-state index contributed by atoms with van der Waals surface area (Å²) in [5.74, 6) is 1.01. The van der Waals surface area contributed by atoms with Crippen LogP contribution in [0.5, 0.6) is 0 Å². The molecule has 0 radical (unpaired) electrons. The molecule has 2 unspecified atom stereocenters. The van der Waals surface area contributed by atoms with Crippen LogP contribution >= 0.6 is 12.2 Å². The normalized spacial score (nSPS) is 25.9. The van der Waals surface area contributed by atoms with Gasteiger partial charge in [-0.05, 0) is 31.0 Å². The van der Waals surface area contributed by atoms with Crippen LogP contribution in [-0.2, 0) is 0 Å². The average molecular weight is 273 g/mol. The lowest BCUT2D eigenvalue weighted by molar-refractivity contribution is 0.352. The molecule has 1 rings (SSSR count). The average Bonchev–Trinajstić information content (AvgIpc) is 2.32. The first-order chi connectivity index (χ1) is 8.24. The number of nitrogens with one attached hydrogen (secondary N) is 2. The lowest BCUT2D eigenvalue weighted by Gasteiger charge is -2.26. The van der Waals surface area contributed by atoms with E-state index < -0.39 is 0 Å². The fraction of sp³-hybridized carbons (Fsp3) is 0.923. The summed E-state index contributed by atoms with van der Waals surface area (Å²) in [5, 5.41) is 6.99. The molecule has 0 amide bonds. The van der Waals surface area contributed by atoms with Crippen molar-refractivity contribution in [2.75, 3.05) is 13.6 Å². The summed E-state index contributed by atoms with van der Waals surface area (Å²) in [4.78, 5) is 0. The van der Waals surface area contributed by atoms with E-state index in [1.807, 2.05) is 7.05 Å². The molecule has 100 valence electrons. The second kappa shape index (κ2) is 8.92. The van der Waals surface area contributed by atoms with Crippen LogP contribution in [0.3, 0.4) is 0 Å². The van der Waals surface area contributed by atoms with Gasteiger partial charge in [0.15, 0.2) is 5.11 Å². The SMILES string of the molecule is CNC(=S)NCCCC1CCCCCCC1[SiH3]. The van der Waals surface area contributed by atoms with Gasteiger partial charge in [0.2, 0.25) is 0 Å². The third-order valence-electron chi connectivity index (χ3n) is 4.05. The molecule has 0 aromatic heterocycles. The predicted molar refractivity (Wildman–Crippen MR) is 83.8 cm³/mol. The van der Waals surface area contributed by atoms with Crippen molar-refractivity contribution in [3.63, 3.8) is 0 Å². The van der Waals surface area contributed by atoms with E-state index >= 15 is 0 Å². The Bertz CT molecular complexity index is 223. The quantitative estimate of drug-likeness (QED) is 0.465. The lowest BCUT2D eigenvalue weighted by Crippen LogP contribution is -2.33. The highest BCUT2D eigenvalue weighted by atomic mass is 32.1. The van der Waals surface area contributed by atoms with Crippen LogP contribution in [0.1, 0.15) is 51.4 Å². The molecule has 2 atom stereocenters. The van der Waals surface area contributed by atoms with Gasteiger partial charge in [0, 0.05) is 23.8 Å². The molecule has 2 nitrogen and oxygen atoms in total. The Morgan fingerprint density at radius 2 is 1.94 bits per heavy atom. The highest BCUT2D eigenvalue weighted by Crippen LogP contribution is 2.32. The van der Waals surface area contributed by atoms with Crippen molar-refractivity contribution >= 4 is 27.6 Å². The number of rotatable bonds is 4. The maximum Gasteiger partial charge on any atom is 0.166 e. The van der Waals surface area contributed by atoms with Crippen molar-refractivity contribution in [1.29, 1.82) is 0 Å². The summed E-state index contributed by atoms with van der Waals surface area (Å²) < 4.78 is 0. The summed E-state index contributed by atoms with van der Waals surface area (Å²) in [6.45, 7) is 1.03. The van der Waals surface area contributed by atoms with E-state index in [9.17, 15) is 0 Å². The third kappa shape index (κ3) is 6.41. The molecule has 4 heteroatoms. The molecule has 0 aromatic rings. The number of hydrogen-bond donors (Lipinski definition) is 2. The Morgan fingerprint density at radius 1 is 1.24 bits per heavy atom. The molecule has 1 aliphatic carbocycles. The van der Waals surface area contributed by atoms with Gasteiger partial charge in [0.1, 0.15) is 0 Å². The van der Waals surface area contributed by atoms with Crippen LogP contribution in [0.4, 0.5) is 0 Å². The second-order valence-corrected chi connectivity index (χ2v) is 7.27. The van der Waals surface area contributed by atoms with Gasteiger partial charge in [-0.15, -0.1) is 0 Å². The fourth-order valence-electron chi connectivity index (χ4n) is 2.83. The standard InChI is InChI=1S/C13H28N2SSi/c1-14-13(16)15-10-6-8-11-7-4-2-3-5-9-12(11)17/h11-12H,2-10H2,1,17H3,(H2,14,15,16). The summed E-state index contributed by atoms with van der Waals surface area (Å²) in [7, 11) is 3.26. The first-order valence-corrected chi connectivity index (χ1v) is 8.76. The zero-order valence-corrected chi connectivity index (χ0v) is 14.2. The Labute approximate surface area is 115 Å². The minimum Gasteiger partial charge on any atom is -0.366 e. The van der Waals surface area contributed by atoms with Crippen molar-refractivity contribution in [2.45, 2.75) is 56.9 Å². The molecule has 0 aliphatic heterocycles. The highest BCUT2D eigenvalue weighted by molar-refractivity contribution is 7.80. The zero-order valence-electron chi connectivity index (χ0n) is 11.4. The van der Waals surface area contributed by atoms with Gasteiger partial charge in [0.05, 0.1) is 0 Å². The van der Waals surface area contributed by atoms with E-state index in [1.54, 1.807) is 0 Å². The smallest absolute Gasteiger partial charge is 0.166 e. The number of hydrogen-bond acceptors (Lipinski definition) is 1. The third-order valence-corrected chi connectivity index (χ3v) is 5.92. The molecule has 1 aliphatic rings. The van der Waals surface area contributed by atoms with E-state index in [2.05, 4.69) is 10.6 Å². The maximum atomic E-state index is 5.07. The van der Waals surface area contributed by atoms with Gasteiger partial charge in [-0.1, -0.05) is 44.1 Å². The Kier molecular flexibility index (Phi) is 7.85.